The van der Waals surface area contributed by atoms with E-state index in [-0.39, 0.29) is 43.3 Å². The Morgan fingerprint density at radius 2 is 1.95 bits per heavy atom. The first-order valence-corrected chi connectivity index (χ1v) is 14.5. The average molecular weight is 564 g/mol. The molecule has 0 aliphatic carbocycles. The highest BCUT2D eigenvalue weighted by Crippen LogP contribution is 2.40. The summed E-state index contributed by atoms with van der Waals surface area (Å²) in [5.74, 6) is 0.536. The number of likely N-dealkylation sites (N-methyl/N-ethyl adjacent to an activating group) is 1. The lowest BCUT2D eigenvalue weighted by atomic mass is 9.94. The van der Waals surface area contributed by atoms with Gasteiger partial charge in [0.05, 0.1) is 17.9 Å². The van der Waals surface area contributed by atoms with E-state index in [4.69, 9.17) is 4.98 Å². The lowest BCUT2D eigenvalue weighted by Gasteiger charge is -2.34. The number of fused-ring (bicyclic) bond motifs is 3. The molecule has 1 N–H and O–H groups in total. The number of pyridine rings is 1. The van der Waals surface area contributed by atoms with Gasteiger partial charge in [-0.25, -0.2) is 8.91 Å². The monoisotopic (exact) mass is 563 g/mol. The molecular weight excluding hydrogens is 525 g/mol. The molecule has 2 unspecified atom stereocenters. The van der Waals surface area contributed by atoms with Crippen LogP contribution in [0.1, 0.15) is 51.5 Å². The zero-order valence-corrected chi connectivity index (χ0v) is 24.0. The van der Waals surface area contributed by atoms with Crippen LogP contribution < -0.4 is 5.32 Å². The van der Waals surface area contributed by atoms with Crippen LogP contribution in [-0.4, -0.2) is 102 Å². The Morgan fingerprint density at radius 1 is 1.15 bits per heavy atom. The van der Waals surface area contributed by atoms with E-state index in [9.17, 15) is 14.0 Å². The molecule has 2 amide bonds. The molecule has 3 aromatic heterocycles. The molecule has 0 radical (unpaired) electrons. The molecule has 3 aromatic rings. The van der Waals surface area contributed by atoms with Crippen molar-refractivity contribution < 1.29 is 14.0 Å². The summed E-state index contributed by atoms with van der Waals surface area (Å²) in [6, 6.07) is 4.14. The minimum absolute atomic E-state index is 0.0270. The quantitative estimate of drug-likeness (QED) is 0.449. The highest BCUT2D eigenvalue weighted by molar-refractivity contribution is 5.83. The summed E-state index contributed by atoms with van der Waals surface area (Å²) in [6.07, 6.45) is 10.6. The van der Waals surface area contributed by atoms with Crippen LogP contribution in [0.2, 0.25) is 0 Å². The first-order valence-electron chi connectivity index (χ1n) is 14.5. The highest BCUT2D eigenvalue weighted by Gasteiger charge is 2.40. The number of aromatic nitrogens is 5. The number of carbonyl (C=O) groups is 2. The molecule has 41 heavy (non-hydrogen) atoms. The average Bonchev–Trinajstić information content (AvgIpc) is 3.62. The van der Waals surface area contributed by atoms with Gasteiger partial charge < -0.3 is 20.0 Å². The number of amides is 2. The van der Waals surface area contributed by atoms with Gasteiger partial charge in [0.15, 0.2) is 5.65 Å². The van der Waals surface area contributed by atoms with E-state index in [1.807, 2.05) is 28.1 Å². The van der Waals surface area contributed by atoms with Crippen LogP contribution in [0.3, 0.4) is 0 Å². The molecule has 3 aliphatic heterocycles. The Morgan fingerprint density at radius 3 is 2.71 bits per heavy atom. The van der Waals surface area contributed by atoms with Crippen molar-refractivity contribution in [3.05, 3.63) is 42.4 Å². The summed E-state index contributed by atoms with van der Waals surface area (Å²) in [5, 5.41) is 12.2. The third kappa shape index (κ3) is 5.97. The molecule has 2 fully saturated rings. The molecule has 0 spiro atoms. The Labute approximate surface area is 239 Å². The van der Waals surface area contributed by atoms with Crippen LogP contribution in [0.25, 0.3) is 11.2 Å². The summed E-state index contributed by atoms with van der Waals surface area (Å²) in [7, 11) is 2.06. The van der Waals surface area contributed by atoms with E-state index in [0.717, 1.165) is 62.2 Å². The molecule has 11 nitrogen and oxygen atoms in total. The maximum absolute atomic E-state index is 14.0. The van der Waals surface area contributed by atoms with Gasteiger partial charge >= 0.3 is 0 Å². The van der Waals surface area contributed by atoms with Gasteiger partial charge in [-0.3, -0.25) is 14.3 Å². The van der Waals surface area contributed by atoms with Crippen LogP contribution in [0.4, 0.5) is 16.0 Å². The normalized spacial score (nSPS) is 21.4. The maximum Gasteiger partial charge on any atom is 0.247 e. The topological polar surface area (TPSA) is 104 Å². The molecule has 2 atom stereocenters. The molecule has 0 saturated carbocycles. The fourth-order valence-corrected chi connectivity index (χ4v) is 6.10. The smallest absolute Gasteiger partial charge is 0.247 e. The van der Waals surface area contributed by atoms with E-state index in [1.54, 1.807) is 21.6 Å². The van der Waals surface area contributed by atoms with Crippen LogP contribution in [0, 0.1) is 0 Å². The van der Waals surface area contributed by atoms with Crippen LogP contribution >= 0.6 is 0 Å². The predicted molar refractivity (Wildman–Crippen MR) is 153 cm³/mol. The molecule has 12 heteroatoms. The summed E-state index contributed by atoms with van der Waals surface area (Å²) < 4.78 is 17.4. The number of anilines is 2. The van der Waals surface area contributed by atoms with Gasteiger partial charge in [-0.2, -0.15) is 10.1 Å². The highest BCUT2D eigenvalue weighted by atomic mass is 19.1. The SMILES string of the molecule is CN1CCN(C(=O)Cn2cc(Nc3nc4c(C5=CC6CCC(C5)N6C(=O)CCC(C)(C)F)cccn4n3)cn2)CC1. The van der Waals surface area contributed by atoms with Crippen molar-refractivity contribution in [3.8, 4) is 0 Å². The molecule has 218 valence electrons. The van der Waals surface area contributed by atoms with Gasteiger partial charge in [0.1, 0.15) is 12.2 Å². The first kappa shape index (κ1) is 27.4. The predicted octanol–water partition coefficient (Wildman–Crippen LogP) is 3.12. The van der Waals surface area contributed by atoms with Crippen molar-refractivity contribution in [1.82, 2.24) is 39.1 Å². The van der Waals surface area contributed by atoms with E-state index in [0.29, 0.717) is 11.6 Å². The van der Waals surface area contributed by atoms with E-state index in [1.165, 1.54) is 13.8 Å². The lowest BCUT2D eigenvalue weighted by molar-refractivity contribution is -0.134. The fraction of sp³-hybridized carbons (Fsp3) is 0.552. The number of hydrogen-bond donors (Lipinski definition) is 1. The second-order valence-corrected chi connectivity index (χ2v) is 12.1. The number of halogens is 1. The summed E-state index contributed by atoms with van der Waals surface area (Å²) in [4.78, 5) is 36.5. The fourth-order valence-electron chi connectivity index (χ4n) is 6.10. The number of carbonyl (C=O) groups excluding carboxylic acids is 2. The van der Waals surface area contributed by atoms with Gasteiger partial charge in [0.25, 0.3) is 0 Å². The van der Waals surface area contributed by atoms with Crippen molar-refractivity contribution in [1.29, 1.82) is 0 Å². The molecular formula is C29H38FN9O2. The van der Waals surface area contributed by atoms with Crippen molar-refractivity contribution in [3.63, 3.8) is 0 Å². The molecule has 6 rings (SSSR count). The summed E-state index contributed by atoms with van der Waals surface area (Å²) in [6.45, 7) is 6.47. The third-order valence-corrected chi connectivity index (χ3v) is 8.37. The lowest BCUT2D eigenvalue weighted by Crippen LogP contribution is -2.48. The van der Waals surface area contributed by atoms with Crippen molar-refractivity contribution >= 4 is 34.7 Å². The van der Waals surface area contributed by atoms with Crippen LogP contribution in [-0.2, 0) is 16.1 Å². The zero-order chi connectivity index (χ0) is 28.7. The number of rotatable bonds is 8. The zero-order valence-electron chi connectivity index (χ0n) is 24.0. The Bertz CT molecular complexity index is 1460. The van der Waals surface area contributed by atoms with Gasteiger partial charge in [-0.15, -0.1) is 5.10 Å². The van der Waals surface area contributed by atoms with Crippen LogP contribution in [0.15, 0.2) is 36.8 Å². The van der Waals surface area contributed by atoms with E-state index in [2.05, 4.69) is 33.5 Å². The minimum atomic E-state index is -1.35. The third-order valence-electron chi connectivity index (χ3n) is 8.37. The minimum Gasteiger partial charge on any atom is -0.339 e. The summed E-state index contributed by atoms with van der Waals surface area (Å²) >= 11 is 0. The molecule has 2 bridgehead atoms. The second kappa shape index (κ2) is 10.9. The van der Waals surface area contributed by atoms with Crippen molar-refractivity contribution in [2.75, 3.05) is 38.5 Å². The van der Waals surface area contributed by atoms with E-state index < -0.39 is 5.67 Å². The molecule has 6 heterocycles. The van der Waals surface area contributed by atoms with Gasteiger partial charge in [-0.1, -0.05) is 6.08 Å². The van der Waals surface area contributed by atoms with Crippen molar-refractivity contribution in [2.45, 2.75) is 70.2 Å². The van der Waals surface area contributed by atoms with Gasteiger partial charge in [0.2, 0.25) is 17.8 Å². The van der Waals surface area contributed by atoms with Crippen LogP contribution in [0.5, 0.6) is 0 Å². The van der Waals surface area contributed by atoms with E-state index >= 15 is 0 Å². The first-order chi connectivity index (χ1) is 19.6. The second-order valence-electron chi connectivity index (χ2n) is 12.1. The summed E-state index contributed by atoms with van der Waals surface area (Å²) in [5.41, 5.74) is 2.25. The largest absolute Gasteiger partial charge is 0.339 e. The Kier molecular flexibility index (Phi) is 7.27. The standard InChI is InChI=1S/C29H38FN9O2/c1-29(2,30)9-8-25(40)39-22-6-7-23(39)16-20(15-22)24-5-4-10-38-27(24)33-28(34-38)32-21-17-31-37(18-21)19-26(41)36-13-11-35(3)12-14-36/h4-5,10,15,17-18,22-23H,6-9,11-14,16,19H2,1-3H3,(H,32,34). The Hall–Kier alpha value is -3.80. The van der Waals surface area contributed by atoms with Crippen molar-refractivity contribution in [2.24, 2.45) is 0 Å². The number of piperazine rings is 1. The van der Waals surface area contributed by atoms with Gasteiger partial charge in [0, 0.05) is 56.6 Å². The van der Waals surface area contributed by atoms with Gasteiger partial charge in [-0.05, 0) is 64.3 Å². The molecule has 0 aromatic carbocycles. The Balaban J connectivity index is 1.14. The number of nitrogens with one attached hydrogen (secondary N) is 1. The molecule has 3 aliphatic rings. The number of alkyl halides is 1. The maximum atomic E-state index is 14.0. The number of nitrogens with zero attached hydrogens (tertiary/aromatic N) is 8. The number of hydrogen-bond acceptors (Lipinski definition) is 7. The molecule has 2 saturated heterocycles.